The highest BCUT2D eigenvalue weighted by molar-refractivity contribution is 7.88. The Kier molecular flexibility index (Phi) is 6.68. The molecular weight excluding hydrogens is 449 g/mol. The van der Waals surface area contributed by atoms with Gasteiger partial charge in [0, 0.05) is 11.8 Å². The summed E-state index contributed by atoms with van der Waals surface area (Å²) in [5.41, 5.74) is -3.50. The normalized spacial score (nSPS) is 12.6. The number of amides is 1. The highest BCUT2D eigenvalue weighted by Crippen LogP contribution is 2.31. The minimum Gasteiger partial charge on any atom is -0.441 e. The molecule has 1 amide bonds. The van der Waals surface area contributed by atoms with Crippen LogP contribution in [0.3, 0.4) is 0 Å². The Bertz CT molecular complexity index is 1180. The number of nitrogens with one attached hydrogen (secondary N) is 1. The maximum Gasteiger partial charge on any atom is 0.534 e. The number of aromatic nitrogens is 1. The molecule has 2 aromatic carbocycles. The fourth-order valence-electron chi connectivity index (χ4n) is 2.70. The van der Waals surface area contributed by atoms with Crippen molar-refractivity contribution in [1.82, 2.24) is 4.98 Å². The van der Waals surface area contributed by atoms with Crippen molar-refractivity contribution < 1.29 is 35.3 Å². The average molecular weight is 466 g/mol. The van der Waals surface area contributed by atoms with Crippen molar-refractivity contribution in [3.8, 4) is 16.9 Å². The van der Waals surface area contributed by atoms with Gasteiger partial charge in [0.15, 0.2) is 0 Å². The van der Waals surface area contributed by atoms with Gasteiger partial charge in [-0.15, -0.1) is 0 Å². The molecule has 1 heterocycles. The van der Waals surface area contributed by atoms with Crippen molar-refractivity contribution in [2.45, 2.75) is 18.5 Å². The average Bonchev–Trinajstić information content (AvgIpc) is 2.74. The zero-order valence-electron chi connectivity index (χ0n) is 16.5. The number of carbonyl (C=O) groups excluding carboxylic acids is 1. The van der Waals surface area contributed by atoms with Crippen LogP contribution < -0.4 is 9.50 Å². The lowest BCUT2D eigenvalue weighted by Gasteiger charge is -2.16. The maximum atomic E-state index is 12.5. The van der Waals surface area contributed by atoms with Crippen molar-refractivity contribution in [2.75, 3.05) is 5.32 Å². The van der Waals surface area contributed by atoms with Gasteiger partial charge in [-0.05, 0) is 36.2 Å². The molecule has 7 nitrogen and oxygen atoms in total. The van der Waals surface area contributed by atoms with Gasteiger partial charge in [-0.25, -0.2) is 4.79 Å². The number of pyridine rings is 1. The second kappa shape index (κ2) is 9.27. The monoisotopic (exact) mass is 466 g/mol. The number of nitrogens with zero attached hydrogens (tertiary/aromatic N) is 1. The topological polar surface area (TPSA) is 94.6 Å². The van der Waals surface area contributed by atoms with E-state index in [4.69, 9.17) is 4.74 Å². The SMILES string of the molecule is C[C@@H](OC(=O)Nc1cnccc1-c1ccc(OS(=O)(=O)C(F)(F)F)cc1)c1ccccc1. The van der Waals surface area contributed by atoms with Crippen LogP contribution in [0.1, 0.15) is 18.6 Å². The summed E-state index contributed by atoms with van der Waals surface area (Å²) in [6.45, 7) is 1.72. The van der Waals surface area contributed by atoms with Gasteiger partial charge in [-0.1, -0.05) is 42.5 Å². The zero-order chi connectivity index (χ0) is 23.4. The number of hydrogen-bond donors (Lipinski definition) is 1. The van der Waals surface area contributed by atoms with Gasteiger partial charge >= 0.3 is 21.7 Å². The Balaban J connectivity index is 1.74. The molecule has 1 atom stereocenters. The number of benzene rings is 2. The molecule has 0 aliphatic heterocycles. The van der Waals surface area contributed by atoms with E-state index in [2.05, 4.69) is 14.5 Å². The van der Waals surface area contributed by atoms with Crippen LogP contribution in [0.2, 0.25) is 0 Å². The fourth-order valence-corrected chi connectivity index (χ4v) is 3.16. The van der Waals surface area contributed by atoms with Gasteiger partial charge in [-0.3, -0.25) is 10.3 Å². The molecule has 3 rings (SSSR count). The molecule has 0 aliphatic carbocycles. The summed E-state index contributed by atoms with van der Waals surface area (Å²) >= 11 is 0. The first kappa shape index (κ1) is 23.1. The third-order valence-electron chi connectivity index (χ3n) is 4.27. The van der Waals surface area contributed by atoms with Gasteiger partial charge < -0.3 is 8.92 Å². The van der Waals surface area contributed by atoms with Crippen LogP contribution in [0.4, 0.5) is 23.7 Å². The number of alkyl halides is 3. The summed E-state index contributed by atoms with van der Waals surface area (Å²) in [5.74, 6) is -0.509. The number of halogens is 3. The summed E-state index contributed by atoms with van der Waals surface area (Å²) < 4.78 is 69.1. The number of anilines is 1. The van der Waals surface area contributed by atoms with E-state index in [1.165, 1.54) is 24.5 Å². The summed E-state index contributed by atoms with van der Waals surface area (Å²) in [5, 5.41) is 2.58. The zero-order valence-corrected chi connectivity index (χ0v) is 17.4. The Hall–Kier alpha value is -3.60. The molecule has 0 spiro atoms. The molecule has 1 N–H and O–H groups in total. The van der Waals surface area contributed by atoms with Gasteiger partial charge in [-0.2, -0.15) is 21.6 Å². The molecule has 168 valence electrons. The minimum absolute atomic E-state index is 0.286. The van der Waals surface area contributed by atoms with Crippen molar-refractivity contribution in [3.63, 3.8) is 0 Å². The smallest absolute Gasteiger partial charge is 0.441 e. The van der Waals surface area contributed by atoms with E-state index in [1.807, 2.05) is 30.3 Å². The van der Waals surface area contributed by atoms with Crippen molar-refractivity contribution in [3.05, 3.63) is 78.6 Å². The van der Waals surface area contributed by atoms with Crippen LogP contribution in [0.15, 0.2) is 73.1 Å². The largest absolute Gasteiger partial charge is 0.534 e. The van der Waals surface area contributed by atoms with E-state index in [0.29, 0.717) is 11.1 Å². The van der Waals surface area contributed by atoms with E-state index in [9.17, 15) is 26.4 Å². The molecule has 11 heteroatoms. The molecule has 0 saturated carbocycles. The molecule has 1 aromatic heterocycles. The summed E-state index contributed by atoms with van der Waals surface area (Å²) in [6.07, 6.45) is 1.59. The van der Waals surface area contributed by atoms with Crippen LogP contribution in [0.25, 0.3) is 11.1 Å². The lowest BCUT2D eigenvalue weighted by Crippen LogP contribution is -2.28. The van der Waals surface area contributed by atoms with Crippen LogP contribution in [-0.2, 0) is 14.9 Å². The first-order valence-electron chi connectivity index (χ1n) is 9.14. The predicted octanol–water partition coefficient (Wildman–Crippen LogP) is 5.29. The Labute approximate surface area is 181 Å². The molecule has 3 aromatic rings. The molecule has 0 radical (unpaired) electrons. The molecule has 0 bridgehead atoms. The van der Waals surface area contributed by atoms with E-state index >= 15 is 0 Å². The highest BCUT2D eigenvalue weighted by Gasteiger charge is 2.48. The molecule has 0 fully saturated rings. The fraction of sp³-hybridized carbons (Fsp3) is 0.143. The molecule has 0 saturated heterocycles. The number of rotatable bonds is 6. The van der Waals surface area contributed by atoms with E-state index in [1.54, 1.807) is 13.0 Å². The van der Waals surface area contributed by atoms with Gasteiger partial charge in [0.2, 0.25) is 0 Å². The maximum absolute atomic E-state index is 12.5. The first-order chi connectivity index (χ1) is 15.1. The lowest BCUT2D eigenvalue weighted by atomic mass is 10.1. The highest BCUT2D eigenvalue weighted by atomic mass is 32.2. The van der Waals surface area contributed by atoms with Crippen molar-refractivity contribution >= 4 is 21.9 Å². The van der Waals surface area contributed by atoms with Crippen LogP contribution >= 0.6 is 0 Å². The number of carbonyl (C=O) groups is 1. The van der Waals surface area contributed by atoms with E-state index in [0.717, 1.165) is 17.7 Å². The Morgan fingerprint density at radius 2 is 1.69 bits per heavy atom. The quantitative estimate of drug-likeness (QED) is 0.392. The minimum atomic E-state index is -5.77. The van der Waals surface area contributed by atoms with E-state index < -0.39 is 33.6 Å². The molecule has 0 unspecified atom stereocenters. The summed E-state index contributed by atoms with van der Waals surface area (Å²) in [7, 11) is -5.77. The summed E-state index contributed by atoms with van der Waals surface area (Å²) in [4.78, 5) is 16.3. The van der Waals surface area contributed by atoms with E-state index in [-0.39, 0.29) is 5.69 Å². The second-order valence-electron chi connectivity index (χ2n) is 6.51. The number of hydrogen-bond acceptors (Lipinski definition) is 6. The third kappa shape index (κ3) is 5.55. The second-order valence-corrected chi connectivity index (χ2v) is 8.05. The summed E-state index contributed by atoms with van der Waals surface area (Å²) in [6, 6.07) is 15.5. The predicted molar refractivity (Wildman–Crippen MR) is 110 cm³/mol. The lowest BCUT2D eigenvalue weighted by molar-refractivity contribution is -0.0500. The molecular formula is C21H17F3N2O5S. The van der Waals surface area contributed by atoms with Crippen LogP contribution in [0.5, 0.6) is 5.75 Å². The van der Waals surface area contributed by atoms with Crippen molar-refractivity contribution in [1.29, 1.82) is 0 Å². The Morgan fingerprint density at radius 3 is 2.31 bits per heavy atom. The van der Waals surface area contributed by atoms with Crippen molar-refractivity contribution in [2.24, 2.45) is 0 Å². The first-order valence-corrected chi connectivity index (χ1v) is 10.6. The van der Waals surface area contributed by atoms with Gasteiger partial charge in [0.1, 0.15) is 11.9 Å². The van der Waals surface area contributed by atoms with Crippen LogP contribution in [-0.4, -0.2) is 25.0 Å². The van der Waals surface area contributed by atoms with Crippen LogP contribution in [0, 0.1) is 0 Å². The third-order valence-corrected chi connectivity index (χ3v) is 5.24. The standard InChI is InChI=1S/C21H17F3N2O5S/c1-14(15-5-3-2-4-6-15)30-20(27)26-19-13-25-12-11-18(19)16-7-9-17(10-8-16)31-32(28,29)21(22,23)24/h2-14H,1H3,(H,26,27)/t14-/m1/s1. The van der Waals surface area contributed by atoms with Gasteiger partial charge in [0.25, 0.3) is 0 Å². The Morgan fingerprint density at radius 1 is 1.03 bits per heavy atom. The van der Waals surface area contributed by atoms with Gasteiger partial charge in [0.05, 0.1) is 11.9 Å². The number of ether oxygens (including phenoxy) is 1. The molecule has 32 heavy (non-hydrogen) atoms. The molecule has 0 aliphatic rings.